The maximum absolute atomic E-state index is 12.6. The normalized spacial score (nSPS) is 14.4. The third-order valence-corrected chi connectivity index (χ3v) is 6.16. The van der Waals surface area contributed by atoms with Crippen LogP contribution in [0.3, 0.4) is 0 Å². The number of hydrogen-bond donors (Lipinski definition) is 0. The molecule has 0 bridgehead atoms. The minimum atomic E-state index is -0.938. The third kappa shape index (κ3) is 5.33. The summed E-state index contributed by atoms with van der Waals surface area (Å²) in [6.07, 6.45) is 6.17. The van der Waals surface area contributed by atoms with Crippen molar-refractivity contribution >= 4 is 39.3 Å². The zero-order valence-corrected chi connectivity index (χ0v) is 21.0. The Morgan fingerprint density at radius 1 is 0.846 bits per heavy atom. The first-order valence-corrected chi connectivity index (χ1v) is 12.1. The van der Waals surface area contributed by atoms with Gasteiger partial charge in [-0.25, -0.2) is 24.2 Å². The van der Waals surface area contributed by atoms with Gasteiger partial charge in [-0.3, -0.25) is 0 Å². The summed E-state index contributed by atoms with van der Waals surface area (Å²) in [5, 5.41) is 0. The standard InChI is InChI=1S/C26H24N4O9/c1-3-14-35-15-13-30-21-20(27-26(30)29-10-4-9-28(2)11-12-29)22-24(38-18(33)7-5-16(31)36-22)25-23(21)37-17(32)6-8-19(34)39-25/h1,5-8H,4,9-15H2,2H3. The van der Waals surface area contributed by atoms with E-state index in [0.29, 0.717) is 19.0 Å². The predicted molar refractivity (Wildman–Crippen MR) is 140 cm³/mol. The highest BCUT2D eigenvalue weighted by Crippen LogP contribution is 2.35. The van der Waals surface area contributed by atoms with Crippen LogP contribution in [0.15, 0.2) is 61.1 Å². The molecule has 13 heteroatoms. The number of anilines is 1. The molecule has 4 aromatic rings. The summed E-state index contributed by atoms with van der Waals surface area (Å²) < 4.78 is 29.2. The minimum absolute atomic E-state index is 0.0538. The summed E-state index contributed by atoms with van der Waals surface area (Å²) in [5.41, 5.74) is -4.74. The van der Waals surface area contributed by atoms with Gasteiger partial charge in [0.2, 0.25) is 28.3 Å². The molecule has 3 aromatic heterocycles. The van der Waals surface area contributed by atoms with Crippen molar-refractivity contribution < 1.29 is 22.4 Å². The monoisotopic (exact) mass is 536 g/mol. The molecule has 5 rings (SSSR count). The smallest absolute Gasteiger partial charge is 0.336 e. The van der Waals surface area contributed by atoms with E-state index in [1.165, 1.54) is 0 Å². The molecule has 39 heavy (non-hydrogen) atoms. The van der Waals surface area contributed by atoms with Crippen molar-refractivity contribution in [1.29, 1.82) is 0 Å². The van der Waals surface area contributed by atoms with Gasteiger partial charge in [0.15, 0.2) is 0 Å². The Labute approximate surface area is 219 Å². The molecule has 0 amide bonds. The van der Waals surface area contributed by atoms with Crippen molar-refractivity contribution in [2.75, 3.05) is 51.3 Å². The highest BCUT2D eigenvalue weighted by Gasteiger charge is 2.27. The molecule has 0 saturated carbocycles. The van der Waals surface area contributed by atoms with Crippen molar-refractivity contribution in [1.82, 2.24) is 14.5 Å². The van der Waals surface area contributed by atoms with E-state index in [0.717, 1.165) is 43.8 Å². The Balaban J connectivity index is 1.98. The number of hydrogen-bond acceptors (Lipinski definition) is 12. The molecule has 0 aliphatic carbocycles. The molecule has 0 unspecified atom stereocenters. The molecule has 0 atom stereocenters. The zero-order valence-electron chi connectivity index (χ0n) is 21.0. The Hall–Kier alpha value is -4.67. The number of benzene rings is 1. The van der Waals surface area contributed by atoms with Crippen molar-refractivity contribution in [3.05, 3.63) is 65.9 Å². The lowest BCUT2D eigenvalue weighted by Crippen LogP contribution is -2.31. The maximum atomic E-state index is 12.6. The van der Waals surface area contributed by atoms with Gasteiger partial charge in [-0.2, -0.15) is 0 Å². The number of rotatable bonds is 5. The number of fused-ring (bicyclic) bond motifs is 6. The van der Waals surface area contributed by atoms with Crippen LogP contribution in [-0.2, 0) is 11.3 Å². The number of imidazole rings is 1. The highest BCUT2D eigenvalue weighted by molar-refractivity contribution is 6.15. The highest BCUT2D eigenvalue weighted by atomic mass is 16.5. The quantitative estimate of drug-likeness (QED) is 0.265. The van der Waals surface area contributed by atoms with Crippen LogP contribution >= 0.6 is 0 Å². The summed E-state index contributed by atoms with van der Waals surface area (Å²) >= 11 is 0. The van der Waals surface area contributed by atoms with E-state index < -0.39 is 33.7 Å². The molecule has 1 aliphatic rings. The first kappa shape index (κ1) is 26.0. The van der Waals surface area contributed by atoms with Crippen LogP contribution < -0.4 is 27.4 Å². The van der Waals surface area contributed by atoms with E-state index in [2.05, 4.69) is 10.8 Å². The molecule has 202 valence electrons. The van der Waals surface area contributed by atoms with Crippen molar-refractivity contribution in [2.45, 2.75) is 13.0 Å². The zero-order chi connectivity index (χ0) is 27.5. The van der Waals surface area contributed by atoms with Gasteiger partial charge in [0, 0.05) is 50.4 Å². The van der Waals surface area contributed by atoms with E-state index in [1.54, 1.807) is 4.57 Å². The number of ether oxygens (including phenoxy) is 1. The first-order valence-electron chi connectivity index (χ1n) is 12.1. The van der Waals surface area contributed by atoms with Gasteiger partial charge in [0.25, 0.3) is 0 Å². The first-order chi connectivity index (χ1) is 18.9. The van der Waals surface area contributed by atoms with E-state index in [1.807, 2.05) is 11.9 Å². The Kier molecular flexibility index (Phi) is 7.31. The molecule has 1 fully saturated rings. The van der Waals surface area contributed by atoms with Crippen LogP contribution in [0, 0.1) is 12.3 Å². The molecule has 0 spiro atoms. The minimum Gasteiger partial charge on any atom is -0.417 e. The molecular formula is C26H24N4O9. The predicted octanol–water partition coefficient (Wildman–Crippen LogP) is 1.07. The summed E-state index contributed by atoms with van der Waals surface area (Å²) in [6, 6.07) is 3.53. The summed E-state index contributed by atoms with van der Waals surface area (Å²) in [6.45, 7) is 3.33. The Morgan fingerprint density at radius 3 is 2.08 bits per heavy atom. The van der Waals surface area contributed by atoms with Crippen LogP contribution in [0.1, 0.15) is 6.42 Å². The number of nitrogens with zero attached hydrogens (tertiary/aromatic N) is 4. The number of terminal acetylenes is 1. The molecule has 4 heterocycles. The molecular weight excluding hydrogens is 512 g/mol. The van der Waals surface area contributed by atoms with Gasteiger partial charge in [-0.15, -0.1) is 6.42 Å². The second-order valence-electron chi connectivity index (χ2n) is 8.83. The van der Waals surface area contributed by atoms with Crippen LogP contribution in [0.5, 0.6) is 0 Å². The average Bonchev–Trinajstić information content (AvgIpc) is 3.12. The fourth-order valence-electron chi connectivity index (χ4n) is 4.42. The van der Waals surface area contributed by atoms with Crippen LogP contribution in [0.2, 0.25) is 0 Å². The lowest BCUT2D eigenvalue weighted by atomic mass is 10.2. The number of likely N-dealkylation sites (N-methyl/N-ethyl adjacent to an activating group) is 1. The second-order valence-corrected chi connectivity index (χ2v) is 8.83. The van der Waals surface area contributed by atoms with Crippen molar-refractivity contribution in [3.8, 4) is 12.3 Å². The van der Waals surface area contributed by atoms with Crippen LogP contribution in [0.4, 0.5) is 5.95 Å². The molecule has 0 N–H and O–H groups in total. The maximum Gasteiger partial charge on any atom is 0.336 e. The van der Waals surface area contributed by atoms with Crippen LogP contribution in [0.25, 0.3) is 33.4 Å². The second kappa shape index (κ2) is 11.0. The molecule has 1 aliphatic heterocycles. The van der Waals surface area contributed by atoms with Crippen molar-refractivity contribution in [3.63, 3.8) is 0 Å². The van der Waals surface area contributed by atoms with Gasteiger partial charge in [0.05, 0.1) is 6.61 Å². The van der Waals surface area contributed by atoms with E-state index in [-0.39, 0.29) is 42.0 Å². The van der Waals surface area contributed by atoms with Gasteiger partial charge >= 0.3 is 22.5 Å². The van der Waals surface area contributed by atoms with E-state index >= 15 is 0 Å². The van der Waals surface area contributed by atoms with Gasteiger partial charge in [0.1, 0.15) is 17.6 Å². The molecule has 0 radical (unpaired) electrons. The van der Waals surface area contributed by atoms with E-state index in [9.17, 15) is 19.2 Å². The summed E-state index contributed by atoms with van der Waals surface area (Å²) in [4.78, 5) is 59.0. The topological polar surface area (TPSA) is 154 Å². The lowest BCUT2D eigenvalue weighted by Gasteiger charge is -2.23. The van der Waals surface area contributed by atoms with Gasteiger partial charge < -0.3 is 36.8 Å². The lowest BCUT2D eigenvalue weighted by molar-refractivity contribution is 0.158. The fourth-order valence-corrected chi connectivity index (χ4v) is 4.42. The van der Waals surface area contributed by atoms with E-state index in [4.69, 9.17) is 33.8 Å². The SMILES string of the molecule is C#CCOCCn1c(N2CCCN(C)CC2)nc2c3oc(=O)ccc(=O)oc3c3oc(=O)ccc(=O)oc3c21. The molecule has 1 saturated heterocycles. The Bertz CT molecular complexity index is 1890. The summed E-state index contributed by atoms with van der Waals surface area (Å²) in [7, 11) is 2.02. The molecule has 13 nitrogen and oxygen atoms in total. The van der Waals surface area contributed by atoms with Gasteiger partial charge in [-0.1, -0.05) is 5.92 Å². The fraction of sp³-hybridized carbons (Fsp3) is 0.346. The third-order valence-electron chi connectivity index (χ3n) is 6.16. The van der Waals surface area contributed by atoms with Crippen LogP contribution in [-0.4, -0.2) is 60.9 Å². The number of aromatic nitrogens is 2. The van der Waals surface area contributed by atoms with Gasteiger partial charge in [-0.05, 0) is 20.0 Å². The largest absolute Gasteiger partial charge is 0.417 e. The Morgan fingerprint density at radius 2 is 1.44 bits per heavy atom. The van der Waals surface area contributed by atoms with Crippen molar-refractivity contribution in [2.24, 2.45) is 0 Å². The molecule has 1 aromatic carbocycles. The average molecular weight is 536 g/mol. The summed E-state index contributed by atoms with van der Waals surface area (Å²) in [5.74, 6) is 2.86.